The normalized spacial score (nSPS) is 9.60. The molecule has 0 spiro atoms. The molecule has 1 radical (unpaired) electrons. The maximum Gasteiger partial charge on any atom is 0.264 e. The van der Waals surface area contributed by atoms with Gasteiger partial charge in [-0.05, 0) is 6.42 Å². The van der Waals surface area contributed by atoms with Gasteiger partial charge in [0, 0.05) is 36.0 Å². The smallest absolute Gasteiger partial charge is 0.264 e. The summed E-state index contributed by atoms with van der Waals surface area (Å²) in [4.78, 5) is 0. The first-order chi connectivity index (χ1) is 4.06. The second kappa shape index (κ2) is 6.13. The molecule has 0 atom stereocenters. The van der Waals surface area contributed by atoms with E-state index in [4.69, 9.17) is 9.81 Å². The second-order valence-corrected chi connectivity index (χ2v) is 3.12. The fraction of sp³-hybridized carbons (Fsp3) is 0.750. The molecule has 0 fully saturated rings. The Hall–Kier alpha value is 0.400. The van der Waals surface area contributed by atoms with Crippen LogP contribution in [0, 0.1) is 11.3 Å². The third kappa shape index (κ3) is 11.2. The van der Waals surface area contributed by atoms with Crippen LogP contribution >= 0.6 is 0 Å². The van der Waals surface area contributed by atoms with Gasteiger partial charge in [-0.25, -0.2) is 0 Å². The van der Waals surface area contributed by atoms with Gasteiger partial charge in [0.05, 0.1) is 11.8 Å². The Kier molecular flexibility index (Phi) is 7.99. The molecule has 0 aliphatic carbocycles. The standard InChI is InChI=1S/C4H7NO3S.Na/c5-3-1-2-4-9(6,7)8;/h1-2,4H2,(H,6,7,8);. The van der Waals surface area contributed by atoms with Gasteiger partial charge in [0.25, 0.3) is 10.1 Å². The van der Waals surface area contributed by atoms with Gasteiger partial charge in [-0.1, -0.05) is 0 Å². The van der Waals surface area contributed by atoms with Gasteiger partial charge in [0.1, 0.15) is 0 Å². The molecule has 10 heavy (non-hydrogen) atoms. The van der Waals surface area contributed by atoms with Crippen molar-refractivity contribution in [2.75, 3.05) is 5.75 Å². The molecule has 0 unspecified atom stereocenters. The van der Waals surface area contributed by atoms with E-state index in [-0.39, 0.29) is 48.2 Å². The largest absolute Gasteiger partial charge is 0.286 e. The predicted octanol–water partition coefficient (Wildman–Crippen LogP) is -0.203. The minimum atomic E-state index is -3.85. The summed E-state index contributed by atoms with van der Waals surface area (Å²) in [5.74, 6) is -0.319. The molecule has 0 aromatic rings. The van der Waals surface area contributed by atoms with Crippen molar-refractivity contribution in [3.05, 3.63) is 0 Å². The van der Waals surface area contributed by atoms with E-state index >= 15 is 0 Å². The van der Waals surface area contributed by atoms with Crippen molar-refractivity contribution >= 4 is 39.7 Å². The van der Waals surface area contributed by atoms with Crippen LogP contribution in [0.15, 0.2) is 0 Å². The molecule has 0 heterocycles. The van der Waals surface area contributed by atoms with E-state index < -0.39 is 10.1 Å². The van der Waals surface area contributed by atoms with E-state index in [1.807, 2.05) is 0 Å². The molecule has 0 bridgehead atoms. The summed E-state index contributed by atoms with van der Waals surface area (Å²) in [5, 5.41) is 7.94. The Morgan fingerprint density at radius 1 is 1.50 bits per heavy atom. The Bertz CT molecular complexity index is 205. The zero-order valence-electron chi connectivity index (χ0n) is 5.74. The second-order valence-electron chi connectivity index (χ2n) is 1.55. The summed E-state index contributed by atoms with van der Waals surface area (Å²) in [6.45, 7) is 0. The van der Waals surface area contributed by atoms with Gasteiger partial charge < -0.3 is 0 Å². The summed E-state index contributed by atoms with van der Waals surface area (Å²) in [6.07, 6.45) is 0.370. The Labute approximate surface area is 82.3 Å². The van der Waals surface area contributed by atoms with Crippen molar-refractivity contribution in [3.8, 4) is 6.07 Å². The van der Waals surface area contributed by atoms with E-state index in [1.165, 1.54) is 0 Å². The first-order valence-corrected chi connectivity index (χ1v) is 3.99. The van der Waals surface area contributed by atoms with Gasteiger partial charge >= 0.3 is 0 Å². The molecule has 0 saturated heterocycles. The maximum absolute atomic E-state index is 9.95. The van der Waals surface area contributed by atoms with Gasteiger partial charge in [0.2, 0.25) is 0 Å². The molecule has 1 N–H and O–H groups in total. The van der Waals surface area contributed by atoms with E-state index in [2.05, 4.69) is 0 Å². The first kappa shape index (κ1) is 13.0. The van der Waals surface area contributed by atoms with Crippen molar-refractivity contribution < 1.29 is 13.0 Å². The van der Waals surface area contributed by atoms with E-state index in [1.54, 1.807) is 6.07 Å². The van der Waals surface area contributed by atoms with Crippen LogP contribution in [-0.4, -0.2) is 48.3 Å². The summed E-state index contributed by atoms with van der Waals surface area (Å²) < 4.78 is 28.0. The Morgan fingerprint density at radius 2 is 2.00 bits per heavy atom. The van der Waals surface area contributed by atoms with Crippen LogP contribution in [0.2, 0.25) is 0 Å². The molecule has 53 valence electrons. The SMILES string of the molecule is N#CCCCS(=O)(=O)O.[Na]. The molecule has 0 rings (SSSR count). The maximum atomic E-state index is 9.95. The Balaban J connectivity index is 0. The fourth-order valence-corrected chi connectivity index (χ4v) is 0.843. The Morgan fingerprint density at radius 3 is 2.30 bits per heavy atom. The molecule has 0 aromatic carbocycles. The van der Waals surface area contributed by atoms with Crippen molar-refractivity contribution in [2.45, 2.75) is 12.8 Å². The fourth-order valence-electron chi connectivity index (χ4n) is 0.334. The zero-order chi connectivity index (χ0) is 7.33. The predicted molar refractivity (Wildman–Crippen MR) is 37.0 cm³/mol. The minimum Gasteiger partial charge on any atom is -0.286 e. The van der Waals surface area contributed by atoms with Crippen LogP contribution in [-0.2, 0) is 10.1 Å². The van der Waals surface area contributed by atoms with Gasteiger partial charge in [0.15, 0.2) is 0 Å². The van der Waals surface area contributed by atoms with Crippen molar-refractivity contribution in [2.24, 2.45) is 0 Å². The van der Waals surface area contributed by atoms with Crippen molar-refractivity contribution in [3.63, 3.8) is 0 Å². The third-order valence-corrected chi connectivity index (χ3v) is 1.50. The van der Waals surface area contributed by atoms with Crippen LogP contribution < -0.4 is 0 Å². The van der Waals surface area contributed by atoms with Crippen molar-refractivity contribution in [1.29, 1.82) is 5.26 Å². The first-order valence-electron chi connectivity index (χ1n) is 2.38. The molecule has 0 aliphatic rings. The molecule has 6 heteroatoms. The minimum absolute atomic E-state index is 0. The molecule has 4 nitrogen and oxygen atoms in total. The van der Waals surface area contributed by atoms with Crippen LogP contribution in [0.3, 0.4) is 0 Å². The number of unbranched alkanes of at least 4 members (excludes halogenated alkanes) is 1. The zero-order valence-corrected chi connectivity index (χ0v) is 8.56. The molecule has 0 amide bonds. The van der Waals surface area contributed by atoms with Crippen LogP contribution in [0.25, 0.3) is 0 Å². The topological polar surface area (TPSA) is 78.2 Å². The number of hydrogen-bond donors (Lipinski definition) is 1. The number of nitriles is 1. The van der Waals surface area contributed by atoms with Crippen LogP contribution in [0.5, 0.6) is 0 Å². The molecular formula is C4H7NNaO3S. The average molecular weight is 172 g/mol. The average Bonchev–Trinajstić information content (AvgIpc) is 1.63. The number of rotatable bonds is 3. The summed E-state index contributed by atoms with van der Waals surface area (Å²) in [6, 6.07) is 1.76. The van der Waals surface area contributed by atoms with Gasteiger partial charge in [-0.2, -0.15) is 13.7 Å². The summed E-state index contributed by atoms with van der Waals surface area (Å²) >= 11 is 0. The monoisotopic (exact) mass is 172 g/mol. The van der Waals surface area contributed by atoms with E-state index in [9.17, 15) is 8.42 Å². The van der Waals surface area contributed by atoms with Gasteiger partial charge in [-0.15, -0.1) is 0 Å². The molecule has 0 saturated carbocycles. The van der Waals surface area contributed by atoms with Crippen molar-refractivity contribution in [1.82, 2.24) is 0 Å². The summed E-state index contributed by atoms with van der Waals surface area (Å²) in [7, 11) is -3.85. The van der Waals surface area contributed by atoms with Gasteiger partial charge in [-0.3, -0.25) is 4.55 Å². The quantitative estimate of drug-likeness (QED) is 0.363. The number of hydrogen-bond acceptors (Lipinski definition) is 3. The summed E-state index contributed by atoms with van der Waals surface area (Å²) in [5.41, 5.74) is 0. The molecule has 0 aliphatic heterocycles. The van der Waals surface area contributed by atoms with E-state index in [0.717, 1.165) is 0 Å². The van der Waals surface area contributed by atoms with Crippen LogP contribution in [0.1, 0.15) is 12.8 Å². The number of nitrogens with zero attached hydrogens (tertiary/aromatic N) is 1. The van der Waals surface area contributed by atoms with E-state index in [0.29, 0.717) is 0 Å². The molecular weight excluding hydrogens is 165 g/mol. The third-order valence-electron chi connectivity index (χ3n) is 0.691. The molecule has 0 aromatic heterocycles. The van der Waals surface area contributed by atoms with Crippen LogP contribution in [0.4, 0.5) is 0 Å².